The van der Waals surface area contributed by atoms with Crippen molar-refractivity contribution in [1.82, 2.24) is 14.9 Å². The van der Waals surface area contributed by atoms with Gasteiger partial charge in [0, 0.05) is 17.8 Å². The summed E-state index contributed by atoms with van der Waals surface area (Å²) >= 11 is 0. The Morgan fingerprint density at radius 3 is 2.53 bits per heavy atom. The van der Waals surface area contributed by atoms with Crippen molar-refractivity contribution >= 4 is 28.7 Å². The monoisotopic (exact) mass is 522 g/mol. The van der Waals surface area contributed by atoms with E-state index in [-0.39, 0.29) is 52.5 Å². The summed E-state index contributed by atoms with van der Waals surface area (Å²) in [7, 11) is 0. The Labute approximate surface area is 214 Å². The molecule has 1 fully saturated rings. The second-order valence-corrected chi connectivity index (χ2v) is 8.96. The van der Waals surface area contributed by atoms with Crippen molar-refractivity contribution in [1.29, 1.82) is 0 Å². The molecule has 0 radical (unpaired) electrons. The lowest BCUT2D eigenvalue weighted by molar-refractivity contribution is -0.117. The first-order chi connectivity index (χ1) is 18.1. The lowest BCUT2D eigenvalue weighted by atomic mass is 10.1. The first kappa shape index (κ1) is 25.2. The van der Waals surface area contributed by atoms with Gasteiger partial charge in [-0.05, 0) is 37.3 Å². The Balaban J connectivity index is 1.65. The molecule has 0 bridgehead atoms. The molecule has 8 nitrogen and oxygen atoms in total. The fourth-order valence-corrected chi connectivity index (χ4v) is 4.45. The summed E-state index contributed by atoms with van der Waals surface area (Å²) in [5.74, 6) is -3.47. The van der Waals surface area contributed by atoms with Crippen LogP contribution in [0.4, 0.5) is 19.0 Å². The summed E-state index contributed by atoms with van der Waals surface area (Å²) in [4.78, 5) is 44.5. The predicted molar refractivity (Wildman–Crippen MR) is 133 cm³/mol. The number of rotatable bonds is 5. The summed E-state index contributed by atoms with van der Waals surface area (Å²) in [5.41, 5.74) is -1.21. The fraction of sp³-hybridized carbons (Fsp3) is 0.185. The molecule has 3 heterocycles. The van der Waals surface area contributed by atoms with Crippen LogP contribution in [0, 0.1) is 17.5 Å². The van der Waals surface area contributed by atoms with Gasteiger partial charge in [0.25, 0.3) is 5.91 Å². The van der Waals surface area contributed by atoms with Crippen LogP contribution in [0.25, 0.3) is 16.7 Å². The number of amides is 2. The molecule has 0 aliphatic carbocycles. The average Bonchev–Trinajstić information content (AvgIpc) is 3.22. The molecule has 2 N–H and O–H groups in total. The number of halogens is 3. The summed E-state index contributed by atoms with van der Waals surface area (Å²) in [6, 6.07) is 10.5. The van der Waals surface area contributed by atoms with Gasteiger partial charge in [-0.2, -0.15) is 0 Å². The third kappa shape index (κ3) is 4.52. The van der Waals surface area contributed by atoms with Crippen LogP contribution in [0.3, 0.4) is 0 Å². The molecule has 5 rings (SSSR count). The SMILES string of the molecule is CC(NC(=O)c1cn(-c2ccc(F)cc2F)c2nc(N3CC(O)CC3=O)ccc2c1=O)c1ccccc1F. The Morgan fingerprint density at radius 1 is 1.08 bits per heavy atom. The third-order valence-electron chi connectivity index (χ3n) is 6.35. The normalized spacial score (nSPS) is 16.2. The molecule has 2 aromatic carbocycles. The number of carbonyl (C=O) groups excluding carboxylic acids is 2. The van der Waals surface area contributed by atoms with E-state index < -0.39 is 40.9 Å². The molecule has 1 aliphatic heterocycles. The summed E-state index contributed by atoms with van der Waals surface area (Å²) < 4.78 is 43.9. The minimum Gasteiger partial charge on any atom is -0.391 e. The number of fused-ring (bicyclic) bond motifs is 1. The number of β-amino-alcohol motifs (C(OH)–C–C–N with tert-alkyl or cyclic N) is 1. The Morgan fingerprint density at radius 2 is 1.84 bits per heavy atom. The van der Waals surface area contributed by atoms with Crippen LogP contribution >= 0.6 is 0 Å². The van der Waals surface area contributed by atoms with Crippen molar-refractivity contribution in [2.24, 2.45) is 0 Å². The van der Waals surface area contributed by atoms with Crippen LogP contribution in [0.1, 0.15) is 35.3 Å². The zero-order chi connectivity index (χ0) is 27.1. The molecule has 194 valence electrons. The molecular formula is C27H21F3N4O4. The predicted octanol–water partition coefficient (Wildman–Crippen LogP) is 3.39. The van der Waals surface area contributed by atoms with Crippen molar-refractivity contribution in [2.75, 3.05) is 11.4 Å². The van der Waals surface area contributed by atoms with E-state index in [0.717, 1.165) is 22.9 Å². The van der Waals surface area contributed by atoms with Crippen LogP contribution < -0.4 is 15.6 Å². The van der Waals surface area contributed by atoms with Gasteiger partial charge in [0.05, 0.1) is 36.2 Å². The van der Waals surface area contributed by atoms with Gasteiger partial charge in [0.2, 0.25) is 11.3 Å². The van der Waals surface area contributed by atoms with E-state index in [2.05, 4.69) is 10.3 Å². The van der Waals surface area contributed by atoms with Crippen molar-refractivity contribution < 1.29 is 27.9 Å². The first-order valence-corrected chi connectivity index (χ1v) is 11.7. The minimum atomic E-state index is -0.985. The summed E-state index contributed by atoms with van der Waals surface area (Å²) in [6.45, 7) is 1.53. The van der Waals surface area contributed by atoms with Gasteiger partial charge in [0.1, 0.15) is 28.8 Å². The van der Waals surface area contributed by atoms with Gasteiger partial charge in [-0.15, -0.1) is 0 Å². The molecule has 2 unspecified atom stereocenters. The number of pyridine rings is 2. The lowest BCUT2D eigenvalue weighted by Crippen LogP contribution is -2.32. The second-order valence-electron chi connectivity index (χ2n) is 8.96. The van der Waals surface area contributed by atoms with Gasteiger partial charge in [0.15, 0.2) is 5.65 Å². The van der Waals surface area contributed by atoms with E-state index in [4.69, 9.17) is 0 Å². The van der Waals surface area contributed by atoms with E-state index in [1.807, 2.05) is 0 Å². The number of benzene rings is 2. The van der Waals surface area contributed by atoms with Gasteiger partial charge < -0.3 is 10.4 Å². The average molecular weight is 522 g/mol. The number of nitrogens with zero attached hydrogens (tertiary/aromatic N) is 3. The van der Waals surface area contributed by atoms with E-state index in [1.54, 1.807) is 13.0 Å². The highest BCUT2D eigenvalue weighted by Crippen LogP contribution is 2.25. The number of aliphatic hydroxyl groups is 1. The summed E-state index contributed by atoms with van der Waals surface area (Å²) in [6.07, 6.45) is 0.0829. The largest absolute Gasteiger partial charge is 0.391 e. The topological polar surface area (TPSA) is 105 Å². The number of carbonyl (C=O) groups is 2. The van der Waals surface area contributed by atoms with E-state index in [9.17, 15) is 32.7 Å². The molecular weight excluding hydrogens is 501 g/mol. The Hall–Kier alpha value is -4.51. The van der Waals surface area contributed by atoms with E-state index >= 15 is 0 Å². The quantitative estimate of drug-likeness (QED) is 0.418. The molecule has 1 aliphatic rings. The number of hydrogen-bond acceptors (Lipinski definition) is 5. The lowest BCUT2D eigenvalue weighted by Gasteiger charge is -2.19. The number of anilines is 1. The van der Waals surface area contributed by atoms with Crippen molar-refractivity contribution in [3.63, 3.8) is 0 Å². The van der Waals surface area contributed by atoms with Crippen LogP contribution in [-0.2, 0) is 4.79 Å². The van der Waals surface area contributed by atoms with Gasteiger partial charge >= 0.3 is 0 Å². The molecule has 0 saturated carbocycles. The molecule has 2 amide bonds. The maximum Gasteiger partial charge on any atom is 0.257 e. The van der Waals surface area contributed by atoms with E-state index in [0.29, 0.717) is 6.07 Å². The molecule has 0 spiro atoms. The molecule has 38 heavy (non-hydrogen) atoms. The van der Waals surface area contributed by atoms with Crippen LogP contribution in [0.5, 0.6) is 0 Å². The smallest absolute Gasteiger partial charge is 0.257 e. The second kappa shape index (κ2) is 9.75. The standard InChI is InChI=1S/C27H21F3N4O4/c1-14(17-4-2-3-5-20(17)29)31-27(38)19-13-33(22-8-6-15(28)10-21(22)30)26-18(25(19)37)7-9-23(32-26)34-12-16(35)11-24(34)36/h2-10,13-14,16,35H,11-12H2,1H3,(H,31,38). The van der Waals surface area contributed by atoms with Crippen molar-refractivity contribution in [2.45, 2.75) is 25.5 Å². The maximum atomic E-state index is 14.9. The van der Waals surface area contributed by atoms with E-state index in [1.165, 1.54) is 35.2 Å². The highest BCUT2D eigenvalue weighted by molar-refractivity contribution is 5.99. The molecule has 4 aromatic rings. The van der Waals surface area contributed by atoms with Gasteiger partial charge in [-0.3, -0.25) is 23.9 Å². The number of aliphatic hydroxyl groups excluding tert-OH is 1. The van der Waals surface area contributed by atoms with Gasteiger partial charge in [-0.25, -0.2) is 18.2 Å². The Bertz CT molecular complexity index is 1660. The van der Waals surface area contributed by atoms with Crippen molar-refractivity contribution in [3.05, 3.63) is 99.6 Å². The minimum absolute atomic E-state index is 0.0130. The zero-order valence-electron chi connectivity index (χ0n) is 20.0. The molecule has 2 atom stereocenters. The van der Waals surface area contributed by atoms with Crippen LogP contribution in [0.15, 0.2) is 65.6 Å². The number of hydrogen-bond donors (Lipinski definition) is 2. The third-order valence-corrected chi connectivity index (χ3v) is 6.35. The maximum absolute atomic E-state index is 14.9. The highest BCUT2D eigenvalue weighted by Gasteiger charge is 2.30. The molecule has 11 heteroatoms. The van der Waals surface area contributed by atoms with Crippen LogP contribution in [0.2, 0.25) is 0 Å². The zero-order valence-corrected chi connectivity index (χ0v) is 20.0. The first-order valence-electron chi connectivity index (χ1n) is 11.7. The van der Waals surface area contributed by atoms with Crippen molar-refractivity contribution in [3.8, 4) is 5.69 Å². The fourth-order valence-electron chi connectivity index (χ4n) is 4.45. The number of aromatic nitrogens is 2. The van der Waals surface area contributed by atoms with Gasteiger partial charge in [-0.1, -0.05) is 18.2 Å². The number of nitrogens with one attached hydrogen (secondary N) is 1. The summed E-state index contributed by atoms with van der Waals surface area (Å²) in [5, 5.41) is 12.4. The Kier molecular flexibility index (Phi) is 6.45. The molecule has 2 aromatic heterocycles. The van der Waals surface area contributed by atoms with Crippen LogP contribution in [-0.4, -0.2) is 39.1 Å². The molecule has 1 saturated heterocycles. The highest BCUT2D eigenvalue weighted by atomic mass is 19.1.